The normalized spacial score (nSPS) is 22.0. The van der Waals surface area contributed by atoms with E-state index in [9.17, 15) is 42.0 Å². The predicted molar refractivity (Wildman–Crippen MR) is 225 cm³/mol. The molecule has 5 atom stereocenters. The number of fused-ring (bicyclic) bond motifs is 1. The maximum Gasteiger partial charge on any atom is 0.262 e. The zero-order chi connectivity index (χ0) is 44.2. The summed E-state index contributed by atoms with van der Waals surface area (Å²) < 4.78 is 42.0. The molecule has 2 aromatic carbocycles. The first-order valence-electron chi connectivity index (χ1n) is 20.7. The molecule has 6 rings (SSSR count). The van der Waals surface area contributed by atoms with Gasteiger partial charge in [-0.15, -0.1) is 11.8 Å². The van der Waals surface area contributed by atoms with Gasteiger partial charge in [0.2, 0.25) is 39.6 Å². The smallest absolute Gasteiger partial charge is 0.262 e. The highest BCUT2D eigenvalue weighted by atomic mass is 32.2. The maximum absolute atomic E-state index is 13.5. The van der Waals surface area contributed by atoms with E-state index in [1.807, 2.05) is 30.3 Å². The van der Waals surface area contributed by atoms with Crippen molar-refractivity contribution in [3.63, 3.8) is 0 Å². The largest absolute Gasteiger partial charge is 0.491 e. The van der Waals surface area contributed by atoms with Crippen molar-refractivity contribution in [2.24, 2.45) is 5.92 Å². The zero-order valence-electron chi connectivity index (χ0n) is 34.4. The molecular formula is C41H53N7O12S2. The number of carbonyl (C=O) groups is 7. The molecular weight excluding hydrogens is 847 g/mol. The number of amides is 7. The number of rotatable bonds is 22. The third kappa shape index (κ3) is 12.6. The van der Waals surface area contributed by atoms with Gasteiger partial charge in [0.25, 0.3) is 11.8 Å². The van der Waals surface area contributed by atoms with Crippen LogP contribution < -0.4 is 31.3 Å². The third-order valence-corrected chi connectivity index (χ3v) is 13.3. The summed E-state index contributed by atoms with van der Waals surface area (Å²) in [5.74, 6) is -2.71. The lowest BCUT2D eigenvalue weighted by Gasteiger charge is -2.27. The Kier molecular flexibility index (Phi) is 16.5. The fourth-order valence-corrected chi connectivity index (χ4v) is 9.52. The van der Waals surface area contributed by atoms with Gasteiger partial charge in [0.05, 0.1) is 49.7 Å². The third-order valence-electron chi connectivity index (χ3n) is 10.9. The Bertz CT molecular complexity index is 2090. The lowest BCUT2D eigenvalue weighted by Crippen LogP contribution is -2.54. The lowest BCUT2D eigenvalue weighted by molar-refractivity contribution is -0.136. The number of unbranched alkanes of at least 4 members (excludes halogenated alkanes) is 1. The van der Waals surface area contributed by atoms with Crippen molar-refractivity contribution in [3.05, 3.63) is 65.2 Å². The Labute approximate surface area is 364 Å². The standard InChI is InChI=1S/C41H53N7O12S2/c1-62(56,57)47-17-14-27(24-47)36(51)43-31(37(52)46-41-44-32(25-61-41)26-7-3-2-4-8-26)9-5-6-16-42-34(49)15-18-58-19-20-59-21-22-60-28-10-11-29-30(23-28)40(55)48(39(29)54)33-12-13-35(50)45-38(33)53/h2-4,7-8,10-11,23,27,31-33,41,44H,5-6,9,12-22,24-25H2,1H3,(H,42,49)(H,43,51)(H,46,52)(H,45,50,53)/t27?,31-,32?,33?,41?/m0/s1. The van der Waals surface area contributed by atoms with Crippen LogP contribution in [0.5, 0.6) is 5.75 Å². The summed E-state index contributed by atoms with van der Waals surface area (Å²) in [6.45, 7) is 1.69. The van der Waals surface area contributed by atoms with Crippen LogP contribution in [0.4, 0.5) is 0 Å². The summed E-state index contributed by atoms with van der Waals surface area (Å²) in [6, 6.07) is 12.5. The van der Waals surface area contributed by atoms with Gasteiger partial charge in [-0.25, -0.2) is 12.7 Å². The minimum absolute atomic E-state index is 0.0334. The van der Waals surface area contributed by atoms with Gasteiger partial charge in [-0.05, 0) is 55.9 Å². The number of benzene rings is 2. The molecule has 4 heterocycles. The van der Waals surface area contributed by atoms with E-state index in [1.165, 1.54) is 16.4 Å². The summed E-state index contributed by atoms with van der Waals surface area (Å²) in [6.07, 6.45) is 3.12. The molecule has 21 heteroatoms. The zero-order valence-corrected chi connectivity index (χ0v) is 36.1. The number of piperidine rings is 1. The number of sulfonamides is 1. The molecule has 3 saturated heterocycles. The van der Waals surface area contributed by atoms with Crippen molar-refractivity contribution < 1.29 is 56.2 Å². The van der Waals surface area contributed by atoms with Gasteiger partial charge in [0.1, 0.15) is 29.9 Å². The summed E-state index contributed by atoms with van der Waals surface area (Å²) >= 11 is 1.56. The topological polar surface area (TPSA) is 248 Å². The van der Waals surface area contributed by atoms with E-state index in [4.69, 9.17) is 14.2 Å². The van der Waals surface area contributed by atoms with Crippen LogP contribution in [0, 0.1) is 5.92 Å². The molecule has 19 nitrogen and oxygen atoms in total. The number of hydrogen-bond acceptors (Lipinski definition) is 14. The van der Waals surface area contributed by atoms with E-state index in [1.54, 1.807) is 17.8 Å². The number of ether oxygens (including phenoxy) is 3. The molecule has 0 spiro atoms. The van der Waals surface area contributed by atoms with Crippen molar-refractivity contribution in [2.45, 2.75) is 68.6 Å². The predicted octanol–water partition coefficient (Wildman–Crippen LogP) is 0.420. The van der Waals surface area contributed by atoms with E-state index in [-0.39, 0.29) is 106 Å². The van der Waals surface area contributed by atoms with Crippen LogP contribution in [0.1, 0.15) is 77.3 Å². The van der Waals surface area contributed by atoms with E-state index < -0.39 is 51.7 Å². The lowest BCUT2D eigenvalue weighted by atomic mass is 10.0. The second kappa shape index (κ2) is 21.9. The number of nitrogens with one attached hydrogen (secondary N) is 5. The maximum atomic E-state index is 13.5. The summed E-state index contributed by atoms with van der Waals surface area (Å²) in [5.41, 5.74) is 1.03. The van der Waals surface area contributed by atoms with Crippen molar-refractivity contribution in [2.75, 3.05) is 64.7 Å². The quantitative estimate of drug-likeness (QED) is 0.0795. The van der Waals surface area contributed by atoms with E-state index in [2.05, 4.69) is 26.6 Å². The van der Waals surface area contributed by atoms with Gasteiger partial charge in [0, 0.05) is 44.3 Å². The Balaban J connectivity index is 0.833. The Morgan fingerprint density at radius 2 is 1.66 bits per heavy atom. The van der Waals surface area contributed by atoms with Gasteiger partial charge in [-0.2, -0.15) is 0 Å². The highest BCUT2D eigenvalue weighted by Gasteiger charge is 2.45. The van der Waals surface area contributed by atoms with Crippen molar-refractivity contribution in [3.8, 4) is 5.75 Å². The van der Waals surface area contributed by atoms with Gasteiger partial charge in [-0.3, -0.25) is 49.1 Å². The Hall–Kier alpha value is -4.93. The van der Waals surface area contributed by atoms with E-state index in [0.717, 1.165) is 22.5 Å². The molecule has 0 bridgehead atoms. The summed E-state index contributed by atoms with van der Waals surface area (Å²) in [7, 11) is -3.43. The molecule has 0 radical (unpaired) electrons. The molecule has 336 valence electrons. The van der Waals surface area contributed by atoms with Crippen LogP contribution in [0.2, 0.25) is 0 Å². The number of hydrogen-bond donors (Lipinski definition) is 5. The molecule has 2 aromatic rings. The number of nitrogens with zero attached hydrogens (tertiary/aromatic N) is 2. The highest BCUT2D eigenvalue weighted by Crippen LogP contribution is 2.31. The van der Waals surface area contributed by atoms with Crippen LogP contribution in [0.25, 0.3) is 0 Å². The second-order valence-electron chi connectivity index (χ2n) is 15.3. The van der Waals surface area contributed by atoms with Crippen LogP contribution in [0.3, 0.4) is 0 Å². The molecule has 3 fully saturated rings. The average molecular weight is 900 g/mol. The van der Waals surface area contributed by atoms with Crippen molar-refractivity contribution in [1.29, 1.82) is 0 Å². The van der Waals surface area contributed by atoms with Crippen LogP contribution >= 0.6 is 11.8 Å². The van der Waals surface area contributed by atoms with Crippen LogP contribution in [0.15, 0.2) is 48.5 Å². The van der Waals surface area contributed by atoms with Crippen LogP contribution in [-0.4, -0.2) is 141 Å². The molecule has 7 amide bonds. The monoisotopic (exact) mass is 899 g/mol. The Morgan fingerprint density at radius 1 is 0.919 bits per heavy atom. The number of imide groups is 2. The number of thioether (sulfide) groups is 1. The molecule has 4 aliphatic heterocycles. The summed E-state index contributed by atoms with van der Waals surface area (Å²) in [5, 5.41) is 14.3. The molecule has 4 aliphatic rings. The SMILES string of the molecule is CS(=O)(=O)N1CCC(C(=O)N[C@@H](CCCCNC(=O)CCOCCOCCOc2ccc3c(c2)C(=O)N(C2CCC(=O)NC2=O)C3=O)C(=O)NC2NC(c3ccccc3)CS2)C1. The Morgan fingerprint density at radius 3 is 2.40 bits per heavy atom. The molecule has 4 unspecified atom stereocenters. The van der Waals surface area contributed by atoms with Crippen molar-refractivity contribution in [1.82, 2.24) is 35.8 Å². The van der Waals surface area contributed by atoms with Crippen LogP contribution in [-0.2, 0) is 43.5 Å². The second-order valence-corrected chi connectivity index (χ2v) is 18.5. The van der Waals surface area contributed by atoms with Crippen molar-refractivity contribution >= 4 is 63.1 Å². The first-order chi connectivity index (χ1) is 29.8. The molecule has 0 saturated carbocycles. The average Bonchev–Trinajstić information content (AvgIpc) is 3.99. The van der Waals surface area contributed by atoms with Gasteiger partial charge in [-0.1, -0.05) is 30.3 Å². The minimum atomic E-state index is -3.43. The fourth-order valence-electron chi connectivity index (χ4n) is 7.50. The van der Waals surface area contributed by atoms with E-state index >= 15 is 0 Å². The highest BCUT2D eigenvalue weighted by molar-refractivity contribution is 8.00. The first kappa shape index (κ1) is 46.6. The first-order valence-corrected chi connectivity index (χ1v) is 23.6. The van der Waals surface area contributed by atoms with Gasteiger partial charge >= 0.3 is 0 Å². The fraction of sp³-hybridized carbons (Fsp3) is 0.537. The van der Waals surface area contributed by atoms with E-state index in [0.29, 0.717) is 38.0 Å². The molecule has 0 aromatic heterocycles. The van der Waals surface area contributed by atoms with Gasteiger partial charge < -0.3 is 30.2 Å². The van der Waals surface area contributed by atoms with Gasteiger partial charge in [0.15, 0.2) is 0 Å². The number of carbonyl (C=O) groups excluding carboxylic acids is 7. The minimum Gasteiger partial charge on any atom is -0.491 e. The molecule has 0 aliphatic carbocycles. The molecule has 5 N–H and O–H groups in total. The molecule has 62 heavy (non-hydrogen) atoms. The summed E-state index contributed by atoms with van der Waals surface area (Å²) in [4.78, 5) is 89.7.